The quantitative estimate of drug-likeness (QED) is 0.773. The third-order valence-electron chi connectivity index (χ3n) is 3.21. The highest BCUT2D eigenvalue weighted by atomic mass is 79.9. The number of nitrogens with one attached hydrogen (secondary N) is 1. The van der Waals surface area contributed by atoms with Gasteiger partial charge in [-0.05, 0) is 17.7 Å². The van der Waals surface area contributed by atoms with Gasteiger partial charge in [-0.1, -0.05) is 52.3 Å². The average Bonchev–Trinajstić information content (AvgIpc) is 2.47. The topological polar surface area (TPSA) is 42.1 Å². The molecule has 3 rings (SSSR count). The molecule has 1 heterocycles. The van der Waals surface area contributed by atoms with Gasteiger partial charge < -0.3 is 9.72 Å². The fourth-order valence-corrected chi connectivity index (χ4v) is 2.93. The molecule has 0 bridgehead atoms. The van der Waals surface area contributed by atoms with Crippen LogP contribution in [0.4, 0.5) is 0 Å². The fraction of sp³-hybridized carbons (Fsp3) is 0.0625. The standard InChI is InChI=1S/C16H12BrNO2/c1-20-15-13(10-6-3-2-4-7-10)14-11(17)8-5-9-12(14)18-16(15)19/h2-9H,1H3,(H,18,19). The Morgan fingerprint density at radius 2 is 1.80 bits per heavy atom. The molecular weight excluding hydrogens is 318 g/mol. The number of hydrogen-bond donors (Lipinski definition) is 1. The lowest BCUT2D eigenvalue weighted by Gasteiger charge is -2.12. The van der Waals surface area contributed by atoms with Crippen molar-refractivity contribution in [1.29, 1.82) is 0 Å². The van der Waals surface area contributed by atoms with Crippen LogP contribution < -0.4 is 10.3 Å². The minimum atomic E-state index is -0.225. The normalized spacial score (nSPS) is 10.7. The molecule has 0 amide bonds. The zero-order valence-electron chi connectivity index (χ0n) is 10.8. The SMILES string of the molecule is COc1c(-c2ccccc2)c2c(Br)cccc2[nH]c1=O. The van der Waals surface area contributed by atoms with E-state index in [1.165, 1.54) is 7.11 Å². The minimum Gasteiger partial charge on any atom is -0.491 e. The van der Waals surface area contributed by atoms with Gasteiger partial charge in [0.05, 0.1) is 12.6 Å². The molecule has 0 spiro atoms. The predicted molar refractivity (Wildman–Crippen MR) is 84.3 cm³/mol. The van der Waals surface area contributed by atoms with Gasteiger partial charge >= 0.3 is 0 Å². The average molecular weight is 330 g/mol. The van der Waals surface area contributed by atoms with E-state index in [0.29, 0.717) is 5.75 Å². The van der Waals surface area contributed by atoms with E-state index in [1.807, 2.05) is 48.5 Å². The first-order valence-electron chi connectivity index (χ1n) is 6.16. The molecule has 3 aromatic rings. The Bertz CT molecular complexity index is 825. The molecule has 100 valence electrons. The van der Waals surface area contributed by atoms with Crippen molar-refractivity contribution in [3.8, 4) is 16.9 Å². The van der Waals surface area contributed by atoms with Crippen molar-refractivity contribution in [3.05, 3.63) is 63.4 Å². The summed E-state index contributed by atoms with van der Waals surface area (Å²) in [6.07, 6.45) is 0. The maximum atomic E-state index is 12.2. The molecule has 0 fully saturated rings. The molecular formula is C16H12BrNO2. The van der Waals surface area contributed by atoms with Crippen LogP contribution >= 0.6 is 15.9 Å². The first-order valence-corrected chi connectivity index (χ1v) is 6.95. The number of halogens is 1. The second-order valence-corrected chi connectivity index (χ2v) is 5.25. The lowest BCUT2D eigenvalue weighted by molar-refractivity contribution is 0.411. The van der Waals surface area contributed by atoms with Gasteiger partial charge in [0.15, 0.2) is 5.75 Å². The summed E-state index contributed by atoms with van der Waals surface area (Å²) in [4.78, 5) is 15.0. The fourth-order valence-electron chi connectivity index (χ4n) is 2.36. The van der Waals surface area contributed by atoms with Crippen LogP contribution in [0.25, 0.3) is 22.0 Å². The van der Waals surface area contributed by atoms with Gasteiger partial charge in [-0.25, -0.2) is 0 Å². The van der Waals surface area contributed by atoms with Gasteiger partial charge in [0.1, 0.15) is 0 Å². The third kappa shape index (κ3) is 2.02. The predicted octanol–water partition coefficient (Wildman–Crippen LogP) is 3.97. The smallest absolute Gasteiger partial charge is 0.291 e. The molecule has 1 aromatic heterocycles. The maximum Gasteiger partial charge on any atom is 0.291 e. The van der Waals surface area contributed by atoms with Crippen molar-refractivity contribution in [2.75, 3.05) is 7.11 Å². The van der Waals surface area contributed by atoms with E-state index >= 15 is 0 Å². The molecule has 0 aliphatic rings. The Morgan fingerprint density at radius 3 is 2.50 bits per heavy atom. The summed E-state index contributed by atoms with van der Waals surface area (Å²) in [5, 5.41) is 0.940. The Hall–Kier alpha value is -2.07. The molecule has 4 heteroatoms. The zero-order valence-corrected chi connectivity index (χ0v) is 12.4. The minimum absolute atomic E-state index is 0.225. The third-order valence-corrected chi connectivity index (χ3v) is 3.87. The highest BCUT2D eigenvalue weighted by molar-refractivity contribution is 9.10. The highest BCUT2D eigenvalue weighted by Gasteiger charge is 2.16. The maximum absolute atomic E-state index is 12.2. The molecule has 0 aliphatic carbocycles. The van der Waals surface area contributed by atoms with Crippen LogP contribution in [0.15, 0.2) is 57.8 Å². The number of benzene rings is 2. The molecule has 0 atom stereocenters. The summed E-state index contributed by atoms with van der Waals surface area (Å²) in [6.45, 7) is 0. The highest BCUT2D eigenvalue weighted by Crippen LogP contribution is 2.37. The van der Waals surface area contributed by atoms with Crippen LogP contribution in [0.2, 0.25) is 0 Å². The summed E-state index contributed by atoms with van der Waals surface area (Å²) >= 11 is 3.56. The van der Waals surface area contributed by atoms with Crippen molar-refractivity contribution in [2.45, 2.75) is 0 Å². The summed E-state index contributed by atoms with van der Waals surface area (Å²) in [7, 11) is 1.51. The molecule has 0 saturated carbocycles. The van der Waals surface area contributed by atoms with E-state index in [0.717, 1.165) is 26.5 Å². The number of fused-ring (bicyclic) bond motifs is 1. The Morgan fingerprint density at radius 1 is 1.05 bits per heavy atom. The largest absolute Gasteiger partial charge is 0.491 e. The van der Waals surface area contributed by atoms with Gasteiger partial charge in [0.2, 0.25) is 0 Å². The Kier molecular flexibility index (Phi) is 3.32. The van der Waals surface area contributed by atoms with Crippen molar-refractivity contribution in [3.63, 3.8) is 0 Å². The number of hydrogen-bond acceptors (Lipinski definition) is 2. The van der Waals surface area contributed by atoms with Crippen molar-refractivity contribution in [2.24, 2.45) is 0 Å². The van der Waals surface area contributed by atoms with Crippen molar-refractivity contribution in [1.82, 2.24) is 4.98 Å². The van der Waals surface area contributed by atoms with Crippen LogP contribution in [-0.2, 0) is 0 Å². The van der Waals surface area contributed by atoms with Gasteiger partial charge in [0, 0.05) is 15.4 Å². The van der Waals surface area contributed by atoms with E-state index in [-0.39, 0.29) is 5.56 Å². The van der Waals surface area contributed by atoms with Crippen LogP contribution in [0, 0.1) is 0 Å². The number of pyridine rings is 1. The van der Waals surface area contributed by atoms with Crippen molar-refractivity contribution < 1.29 is 4.74 Å². The molecule has 0 saturated heterocycles. The van der Waals surface area contributed by atoms with Crippen LogP contribution in [0.1, 0.15) is 0 Å². The molecule has 0 aliphatic heterocycles. The van der Waals surface area contributed by atoms with E-state index in [1.54, 1.807) is 0 Å². The van der Waals surface area contributed by atoms with Crippen LogP contribution in [0.5, 0.6) is 5.75 Å². The summed E-state index contributed by atoms with van der Waals surface area (Å²) in [5.41, 5.74) is 2.31. The summed E-state index contributed by atoms with van der Waals surface area (Å²) in [5.74, 6) is 0.329. The monoisotopic (exact) mass is 329 g/mol. The number of aromatic amines is 1. The molecule has 0 unspecified atom stereocenters. The molecule has 20 heavy (non-hydrogen) atoms. The molecule has 2 aromatic carbocycles. The zero-order chi connectivity index (χ0) is 14.1. The second-order valence-electron chi connectivity index (χ2n) is 4.39. The second kappa shape index (κ2) is 5.13. The first-order chi connectivity index (χ1) is 9.72. The summed E-state index contributed by atoms with van der Waals surface area (Å²) in [6, 6.07) is 15.5. The number of aromatic nitrogens is 1. The van der Waals surface area contributed by atoms with Crippen LogP contribution in [-0.4, -0.2) is 12.1 Å². The van der Waals surface area contributed by atoms with E-state index in [4.69, 9.17) is 4.74 Å². The Labute approximate surface area is 124 Å². The molecule has 1 N–H and O–H groups in total. The van der Waals surface area contributed by atoms with Gasteiger partial charge in [0.25, 0.3) is 5.56 Å². The summed E-state index contributed by atoms with van der Waals surface area (Å²) < 4.78 is 6.25. The number of rotatable bonds is 2. The number of ether oxygens (including phenoxy) is 1. The number of H-pyrrole nitrogens is 1. The number of methoxy groups -OCH3 is 1. The molecule has 0 radical (unpaired) electrons. The van der Waals surface area contributed by atoms with E-state index in [9.17, 15) is 4.79 Å². The van der Waals surface area contributed by atoms with E-state index in [2.05, 4.69) is 20.9 Å². The Balaban J connectivity index is 2.52. The van der Waals surface area contributed by atoms with Gasteiger partial charge in [-0.3, -0.25) is 4.79 Å². The van der Waals surface area contributed by atoms with Crippen molar-refractivity contribution >= 4 is 26.8 Å². The van der Waals surface area contributed by atoms with E-state index < -0.39 is 0 Å². The van der Waals surface area contributed by atoms with Crippen LogP contribution in [0.3, 0.4) is 0 Å². The lowest BCUT2D eigenvalue weighted by Crippen LogP contribution is -2.11. The molecule has 3 nitrogen and oxygen atoms in total. The van der Waals surface area contributed by atoms with Gasteiger partial charge in [-0.15, -0.1) is 0 Å². The first kappa shape index (κ1) is 12.9. The van der Waals surface area contributed by atoms with Gasteiger partial charge in [-0.2, -0.15) is 0 Å². The lowest BCUT2D eigenvalue weighted by atomic mass is 10.0.